The molecule has 0 aliphatic rings. The molecule has 0 aliphatic carbocycles. The molecule has 5 heteroatoms. The first kappa shape index (κ1) is 15.6. The van der Waals surface area contributed by atoms with Crippen LogP contribution < -0.4 is 10.6 Å². The molecule has 0 unspecified atom stereocenters. The highest BCUT2D eigenvalue weighted by Crippen LogP contribution is 2.17. The van der Waals surface area contributed by atoms with E-state index in [1.165, 1.54) is 5.56 Å². The van der Waals surface area contributed by atoms with Crippen LogP contribution in [0.25, 0.3) is 0 Å². The first-order valence-corrected chi connectivity index (χ1v) is 6.86. The monoisotopic (exact) mass is 299 g/mol. The third-order valence-electron chi connectivity index (χ3n) is 3.08. The van der Waals surface area contributed by atoms with Gasteiger partial charge >= 0.3 is 0 Å². The maximum Gasteiger partial charge on any atom is 0.163 e. The molecule has 2 rings (SSSR count). The van der Waals surface area contributed by atoms with Gasteiger partial charge in [0.1, 0.15) is 23.9 Å². The first-order chi connectivity index (χ1) is 11.3. The van der Waals surface area contributed by atoms with Gasteiger partial charge in [0.15, 0.2) is 5.57 Å². The molecule has 0 saturated heterocycles. The van der Waals surface area contributed by atoms with Gasteiger partial charge in [-0.25, -0.2) is 0 Å². The van der Waals surface area contributed by atoms with Crippen LogP contribution in [-0.2, 0) is 6.54 Å². The lowest BCUT2D eigenvalue weighted by Gasteiger charge is -2.09. The lowest BCUT2D eigenvalue weighted by atomic mass is 10.2. The zero-order chi connectivity index (χ0) is 16.5. The van der Waals surface area contributed by atoms with Crippen molar-refractivity contribution < 1.29 is 0 Å². The van der Waals surface area contributed by atoms with Crippen molar-refractivity contribution in [1.82, 2.24) is 0 Å². The Morgan fingerprint density at radius 3 is 1.96 bits per heavy atom. The highest BCUT2D eigenvalue weighted by Gasteiger charge is 2.05. The third-order valence-corrected chi connectivity index (χ3v) is 3.08. The fourth-order valence-electron chi connectivity index (χ4n) is 1.90. The number of allylic oxidation sites excluding steroid dienone is 2. The predicted octanol–water partition coefficient (Wildman–Crippen LogP) is 3.54. The minimum Gasteiger partial charge on any atom is -0.381 e. The van der Waals surface area contributed by atoms with Crippen molar-refractivity contribution in [3.8, 4) is 18.2 Å². The summed E-state index contributed by atoms with van der Waals surface area (Å²) in [7, 11) is 0. The Balaban J connectivity index is 2.03. The summed E-state index contributed by atoms with van der Waals surface area (Å²) in [5.41, 5.74) is 2.45. The van der Waals surface area contributed by atoms with Crippen molar-refractivity contribution >= 4 is 11.4 Å². The van der Waals surface area contributed by atoms with Gasteiger partial charge in [-0.15, -0.1) is 0 Å². The smallest absolute Gasteiger partial charge is 0.163 e. The second-order valence-corrected chi connectivity index (χ2v) is 4.63. The Hall–Kier alpha value is -3.75. The van der Waals surface area contributed by atoms with E-state index in [0.717, 1.165) is 5.69 Å². The van der Waals surface area contributed by atoms with Crippen molar-refractivity contribution in [1.29, 1.82) is 15.8 Å². The quantitative estimate of drug-likeness (QED) is 0.823. The van der Waals surface area contributed by atoms with Gasteiger partial charge in [-0.05, 0) is 29.8 Å². The van der Waals surface area contributed by atoms with E-state index in [1.807, 2.05) is 48.5 Å². The molecule has 0 spiro atoms. The van der Waals surface area contributed by atoms with E-state index in [0.29, 0.717) is 12.2 Å². The summed E-state index contributed by atoms with van der Waals surface area (Å²) in [6, 6.07) is 22.5. The van der Waals surface area contributed by atoms with Crippen molar-refractivity contribution in [2.45, 2.75) is 6.54 Å². The molecule has 23 heavy (non-hydrogen) atoms. The van der Waals surface area contributed by atoms with E-state index in [-0.39, 0.29) is 11.3 Å². The topological polar surface area (TPSA) is 95.4 Å². The van der Waals surface area contributed by atoms with Crippen LogP contribution >= 0.6 is 0 Å². The van der Waals surface area contributed by atoms with Crippen LogP contribution in [0.5, 0.6) is 0 Å². The largest absolute Gasteiger partial charge is 0.381 e. The van der Waals surface area contributed by atoms with E-state index in [4.69, 9.17) is 15.8 Å². The zero-order valence-electron chi connectivity index (χ0n) is 12.2. The van der Waals surface area contributed by atoms with Gasteiger partial charge in [0.2, 0.25) is 0 Å². The predicted molar refractivity (Wildman–Crippen MR) is 87.7 cm³/mol. The van der Waals surface area contributed by atoms with Crippen molar-refractivity contribution in [2.24, 2.45) is 0 Å². The molecule has 2 aromatic rings. The van der Waals surface area contributed by atoms with Gasteiger partial charge in [-0.3, -0.25) is 0 Å². The third kappa shape index (κ3) is 4.36. The first-order valence-electron chi connectivity index (χ1n) is 6.86. The summed E-state index contributed by atoms with van der Waals surface area (Å²) in [5.74, 6) is 0. The molecule has 5 nitrogen and oxygen atoms in total. The van der Waals surface area contributed by atoms with Crippen LogP contribution in [0.15, 0.2) is 65.9 Å². The Kier molecular flexibility index (Phi) is 5.36. The number of hydrogen-bond donors (Lipinski definition) is 2. The number of anilines is 2. The molecule has 0 aliphatic heterocycles. The van der Waals surface area contributed by atoms with Gasteiger partial charge in [0.25, 0.3) is 0 Å². The van der Waals surface area contributed by atoms with Crippen molar-refractivity contribution in [3.05, 3.63) is 71.4 Å². The highest BCUT2D eigenvalue weighted by molar-refractivity contribution is 5.61. The average molecular weight is 299 g/mol. The molecule has 0 atom stereocenters. The van der Waals surface area contributed by atoms with Crippen LogP contribution in [0.2, 0.25) is 0 Å². The molecule has 0 aromatic heterocycles. The van der Waals surface area contributed by atoms with Crippen LogP contribution in [-0.4, -0.2) is 0 Å². The van der Waals surface area contributed by atoms with E-state index >= 15 is 0 Å². The van der Waals surface area contributed by atoms with Gasteiger partial charge in [0.05, 0.1) is 0 Å². The Bertz CT molecular complexity index is 799. The van der Waals surface area contributed by atoms with Crippen molar-refractivity contribution in [3.63, 3.8) is 0 Å². The van der Waals surface area contributed by atoms with E-state index in [9.17, 15) is 0 Å². The number of nitriles is 3. The van der Waals surface area contributed by atoms with Crippen molar-refractivity contribution in [2.75, 3.05) is 10.6 Å². The molecule has 0 saturated carbocycles. The Labute approximate surface area is 134 Å². The fraction of sp³-hybridized carbons (Fsp3) is 0.0556. The van der Waals surface area contributed by atoms with Gasteiger partial charge in [-0.2, -0.15) is 15.8 Å². The molecular weight excluding hydrogens is 286 g/mol. The average Bonchev–Trinajstić information content (AvgIpc) is 2.62. The summed E-state index contributed by atoms with van der Waals surface area (Å²) < 4.78 is 0. The maximum absolute atomic E-state index is 9.00. The minimum absolute atomic E-state index is 0.0556. The summed E-state index contributed by atoms with van der Waals surface area (Å²) in [6.07, 6.45) is 0. The zero-order valence-corrected chi connectivity index (χ0v) is 12.2. The van der Waals surface area contributed by atoms with Gasteiger partial charge < -0.3 is 10.6 Å². The molecule has 0 amide bonds. The fourth-order valence-corrected chi connectivity index (χ4v) is 1.90. The summed E-state index contributed by atoms with van der Waals surface area (Å²) in [5, 5.41) is 32.7. The maximum atomic E-state index is 9.00. The lowest BCUT2D eigenvalue weighted by molar-refractivity contribution is 1.15. The molecule has 110 valence electrons. The number of benzene rings is 2. The summed E-state index contributed by atoms with van der Waals surface area (Å²) in [6.45, 7) is 0.712. The summed E-state index contributed by atoms with van der Waals surface area (Å²) in [4.78, 5) is 0. The standard InChI is InChI=1S/C18H13N5/c19-10-15(11-20)18(12-21)23-17-8-6-16(7-9-17)22-13-14-4-2-1-3-5-14/h1-9,22-23H,13H2. The molecule has 0 heterocycles. The number of rotatable bonds is 5. The van der Waals surface area contributed by atoms with Crippen LogP contribution in [0.3, 0.4) is 0 Å². The van der Waals surface area contributed by atoms with Crippen LogP contribution in [0.1, 0.15) is 5.56 Å². The number of nitrogens with zero attached hydrogens (tertiary/aromatic N) is 3. The van der Waals surface area contributed by atoms with Crippen LogP contribution in [0.4, 0.5) is 11.4 Å². The summed E-state index contributed by atoms with van der Waals surface area (Å²) >= 11 is 0. The molecule has 0 bridgehead atoms. The SMILES string of the molecule is N#CC(C#N)=C(C#N)Nc1ccc(NCc2ccccc2)cc1. The Morgan fingerprint density at radius 2 is 1.39 bits per heavy atom. The van der Waals surface area contributed by atoms with Crippen LogP contribution in [0, 0.1) is 34.0 Å². The highest BCUT2D eigenvalue weighted by atomic mass is 14.9. The van der Waals surface area contributed by atoms with E-state index in [1.54, 1.807) is 24.3 Å². The molecule has 0 radical (unpaired) electrons. The number of hydrogen-bond acceptors (Lipinski definition) is 5. The van der Waals surface area contributed by atoms with E-state index < -0.39 is 0 Å². The number of nitrogens with one attached hydrogen (secondary N) is 2. The van der Waals surface area contributed by atoms with E-state index in [2.05, 4.69) is 10.6 Å². The van der Waals surface area contributed by atoms with Gasteiger partial charge in [-0.1, -0.05) is 30.3 Å². The second-order valence-electron chi connectivity index (χ2n) is 4.63. The molecule has 2 aromatic carbocycles. The molecule has 0 fully saturated rings. The van der Waals surface area contributed by atoms with Gasteiger partial charge in [0, 0.05) is 17.9 Å². The lowest BCUT2D eigenvalue weighted by Crippen LogP contribution is -2.02. The molecular formula is C18H13N5. The molecule has 2 N–H and O–H groups in total. The normalized spacial score (nSPS) is 8.91. The minimum atomic E-state index is -0.237. The Morgan fingerprint density at radius 1 is 0.783 bits per heavy atom. The second kappa shape index (κ2) is 7.88.